The Morgan fingerprint density at radius 2 is 1.95 bits per heavy atom. The predicted octanol–water partition coefficient (Wildman–Crippen LogP) is 0.749. The Morgan fingerprint density at radius 3 is 2.81 bits per heavy atom. The Kier molecular flexibility index (Phi) is 2.29. The summed E-state index contributed by atoms with van der Waals surface area (Å²) < 4.78 is 10.9. The first-order valence-electron chi connectivity index (χ1n) is 7.45. The van der Waals surface area contributed by atoms with Crippen molar-refractivity contribution in [1.82, 2.24) is 4.90 Å². The zero-order valence-electron chi connectivity index (χ0n) is 11.5. The van der Waals surface area contributed by atoms with Crippen molar-refractivity contribution in [3.63, 3.8) is 0 Å². The molecule has 0 aromatic heterocycles. The van der Waals surface area contributed by atoms with Crippen molar-refractivity contribution < 1.29 is 19.7 Å². The lowest BCUT2D eigenvalue weighted by Gasteiger charge is -2.44. The van der Waals surface area contributed by atoms with E-state index in [0.29, 0.717) is 0 Å². The molecule has 4 aliphatic rings. The van der Waals surface area contributed by atoms with Crippen molar-refractivity contribution >= 4 is 0 Å². The molecule has 21 heavy (non-hydrogen) atoms. The quantitative estimate of drug-likeness (QED) is 0.690. The first-order valence-corrected chi connectivity index (χ1v) is 7.45. The van der Waals surface area contributed by atoms with Crippen molar-refractivity contribution in [2.24, 2.45) is 0 Å². The van der Waals surface area contributed by atoms with Crippen LogP contribution < -0.4 is 9.47 Å². The minimum atomic E-state index is -0.780. The van der Waals surface area contributed by atoms with Crippen LogP contribution in [0.5, 0.6) is 11.5 Å². The fourth-order valence-corrected chi connectivity index (χ4v) is 4.35. The number of ether oxygens (including phenoxy) is 2. The van der Waals surface area contributed by atoms with Gasteiger partial charge >= 0.3 is 0 Å². The zero-order valence-corrected chi connectivity index (χ0v) is 11.5. The topological polar surface area (TPSA) is 62.2 Å². The highest BCUT2D eigenvalue weighted by Gasteiger charge is 2.48. The maximum Gasteiger partial charge on any atom is 0.231 e. The summed E-state index contributed by atoms with van der Waals surface area (Å²) in [6, 6.07) is 4.25. The van der Waals surface area contributed by atoms with Gasteiger partial charge in [-0.3, -0.25) is 4.90 Å². The molecule has 3 heterocycles. The van der Waals surface area contributed by atoms with E-state index in [0.717, 1.165) is 36.6 Å². The van der Waals surface area contributed by atoms with Gasteiger partial charge in [-0.05, 0) is 29.7 Å². The molecule has 5 heteroatoms. The summed E-state index contributed by atoms with van der Waals surface area (Å²) in [7, 11) is 0. The number of hydrogen-bond acceptors (Lipinski definition) is 5. The van der Waals surface area contributed by atoms with Crippen molar-refractivity contribution in [1.29, 1.82) is 0 Å². The third kappa shape index (κ3) is 1.51. The van der Waals surface area contributed by atoms with Crippen LogP contribution in [0.4, 0.5) is 0 Å². The van der Waals surface area contributed by atoms with Gasteiger partial charge in [-0.2, -0.15) is 0 Å². The molecule has 3 aliphatic heterocycles. The normalized spacial score (nSPS) is 36.2. The van der Waals surface area contributed by atoms with Crippen molar-refractivity contribution in [3.8, 4) is 11.5 Å². The largest absolute Gasteiger partial charge is 0.454 e. The van der Waals surface area contributed by atoms with Gasteiger partial charge in [0.2, 0.25) is 6.79 Å². The van der Waals surface area contributed by atoms with E-state index >= 15 is 0 Å². The fraction of sp³-hybridized carbons (Fsp3) is 0.500. The van der Waals surface area contributed by atoms with Crippen LogP contribution in [-0.4, -0.2) is 46.7 Å². The second-order valence-electron chi connectivity index (χ2n) is 6.32. The van der Waals surface area contributed by atoms with Crippen LogP contribution in [0.2, 0.25) is 0 Å². The van der Waals surface area contributed by atoms with E-state index in [1.807, 2.05) is 18.2 Å². The summed E-state index contributed by atoms with van der Waals surface area (Å²) in [5.74, 6) is 1.45. The van der Waals surface area contributed by atoms with Gasteiger partial charge in [0.05, 0.1) is 12.2 Å². The van der Waals surface area contributed by atoms with Crippen LogP contribution in [0.3, 0.4) is 0 Å². The summed E-state index contributed by atoms with van der Waals surface area (Å²) in [5.41, 5.74) is 3.54. The van der Waals surface area contributed by atoms with Crippen molar-refractivity contribution in [2.75, 3.05) is 13.3 Å². The molecule has 0 amide bonds. The molecular weight excluding hydrogens is 270 g/mol. The molecule has 1 aliphatic carbocycles. The van der Waals surface area contributed by atoms with Gasteiger partial charge in [-0.25, -0.2) is 0 Å². The molecule has 5 rings (SSSR count). The van der Waals surface area contributed by atoms with Crippen LogP contribution >= 0.6 is 0 Å². The van der Waals surface area contributed by atoms with Gasteiger partial charge in [0.1, 0.15) is 0 Å². The number of nitrogens with zero attached hydrogens (tertiary/aromatic N) is 1. The van der Waals surface area contributed by atoms with Crippen LogP contribution in [0.1, 0.15) is 23.5 Å². The average molecular weight is 287 g/mol. The smallest absolute Gasteiger partial charge is 0.231 e. The van der Waals surface area contributed by atoms with E-state index in [1.165, 1.54) is 11.1 Å². The van der Waals surface area contributed by atoms with Crippen LogP contribution in [0, 0.1) is 0 Å². The van der Waals surface area contributed by atoms with Gasteiger partial charge in [0.15, 0.2) is 11.5 Å². The number of benzene rings is 1. The molecule has 0 unspecified atom stereocenters. The second kappa shape index (κ2) is 4.00. The Bertz CT molecular complexity index is 656. The Hall–Kier alpha value is -1.56. The Morgan fingerprint density at radius 1 is 1.14 bits per heavy atom. The standard InChI is InChI=1S/C16H17NO4/c18-11-3-8-1-2-17-6-9-4-12-13(21-7-20-12)5-10(9)14(15(8)17)16(11)19/h3-5,11,14-16,18-19H,1-2,6-7H2/t11-,14-,15-,16+/m0/s1. The molecule has 0 bridgehead atoms. The Balaban J connectivity index is 1.70. The van der Waals surface area contributed by atoms with Gasteiger partial charge in [0.25, 0.3) is 0 Å². The third-order valence-corrected chi connectivity index (χ3v) is 5.27. The third-order valence-electron chi connectivity index (χ3n) is 5.27. The summed E-state index contributed by atoms with van der Waals surface area (Å²) >= 11 is 0. The summed E-state index contributed by atoms with van der Waals surface area (Å²) in [6.45, 7) is 2.11. The molecule has 1 aromatic rings. The molecule has 1 aromatic carbocycles. The minimum Gasteiger partial charge on any atom is -0.454 e. The zero-order chi connectivity index (χ0) is 14.1. The lowest BCUT2D eigenvalue weighted by atomic mass is 9.73. The van der Waals surface area contributed by atoms with Crippen LogP contribution in [0.15, 0.2) is 23.8 Å². The van der Waals surface area contributed by atoms with E-state index in [9.17, 15) is 10.2 Å². The van der Waals surface area contributed by atoms with E-state index in [-0.39, 0.29) is 18.8 Å². The highest BCUT2D eigenvalue weighted by Crippen LogP contribution is 2.49. The van der Waals surface area contributed by atoms with Gasteiger partial charge in [-0.1, -0.05) is 11.6 Å². The van der Waals surface area contributed by atoms with Gasteiger partial charge in [-0.15, -0.1) is 0 Å². The highest BCUT2D eigenvalue weighted by molar-refractivity contribution is 5.53. The molecule has 1 fully saturated rings. The second-order valence-corrected chi connectivity index (χ2v) is 6.32. The first-order chi connectivity index (χ1) is 10.2. The van der Waals surface area contributed by atoms with E-state index < -0.39 is 12.2 Å². The minimum absolute atomic E-state index is 0.0826. The molecule has 1 saturated heterocycles. The van der Waals surface area contributed by atoms with Gasteiger partial charge in [0, 0.05) is 25.0 Å². The molecule has 5 nitrogen and oxygen atoms in total. The van der Waals surface area contributed by atoms with Crippen molar-refractivity contribution in [3.05, 3.63) is 34.9 Å². The summed E-state index contributed by atoms with van der Waals surface area (Å²) in [4.78, 5) is 2.40. The average Bonchev–Trinajstić information content (AvgIpc) is 3.08. The molecule has 0 radical (unpaired) electrons. The molecule has 4 atom stereocenters. The molecule has 2 N–H and O–H groups in total. The van der Waals surface area contributed by atoms with Gasteiger partial charge < -0.3 is 19.7 Å². The van der Waals surface area contributed by atoms with Crippen molar-refractivity contribution in [2.45, 2.75) is 37.1 Å². The first kappa shape index (κ1) is 12.0. The molecule has 0 saturated carbocycles. The molecule has 110 valence electrons. The summed E-state index contributed by atoms with van der Waals surface area (Å²) in [6.07, 6.45) is 1.28. The van der Waals surface area contributed by atoms with Crippen LogP contribution in [-0.2, 0) is 6.54 Å². The highest BCUT2D eigenvalue weighted by atomic mass is 16.7. The van der Waals surface area contributed by atoms with E-state index in [4.69, 9.17) is 9.47 Å². The maximum absolute atomic E-state index is 10.5. The Labute approximate surface area is 122 Å². The van der Waals surface area contributed by atoms with Crippen LogP contribution in [0.25, 0.3) is 0 Å². The number of hydrogen-bond donors (Lipinski definition) is 2. The number of rotatable bonds is 0. The number of fused-ring (bicyclic) bond motifs is 3. The molecular formula is C16H17NO4. The predicted molar refractivity (Wildman–Crippen MR) is 74.2 cm³/mol. The summed E-state index contributed by atoms with van der Waals surface area (Å²) in [5, 5.41) is 20.7. The fourth-order valence-electron chi connectivity index (χ4n) is 4.35. The number of aliphatic hydroxyl groups excluding tert-OH is 2. The SMILES string of the molecule is O[C@H]1[C@H]2c3cc4c(cc3CN3CCC(=C[C@@H]1O)[C@@H]23)OCO4. The monoisotopic (exact) mass is 287 g/mol. The maximum atomic E-state index is 10.5. The lowest BCUT2D eigenvalue weighted by molar-refractivity contribution is -0.00157. The van der Waals surface area contributed by atoms with E-state index in [1.54, 1.807) is 0 Å². The molecule has 0 spiro atoms. The van der Waals surface area contributed by atoms with E-state index in [2.05, 4.69) is 4.90 Å². The lowest BCUT2D eigenvalue weighted by Crippen LogP contribution is -2.49. The number of aliphatic hydroxyl groups is 2.